The lowest BCUT2D eigenvalue weighted by Crippen LogP contribution is -2.04. The Kier molecular flexibility index (Phi) is 4.90. The van der Waals surface area contributed by atoms with E-state index in [0.717, 1.165) is 16.7 Å². The summed E-state index contributed by atoms with van der Waals surface area (Å²) in [5.74, 6) is -0.471. The summed E-state index contributed by atoms with van der Waals surface area (Å²) in [6.07, 6.45) is 4.42. The molecule has 7 heteroatoms. The van der Waals surface area contributed by atoms with Crippen molar-refractivity contribution >= 4 is 29.1 Å². The van der Waals surface area contributed by atoms with Crippen molar-refractivity contribution in [2.24, 2.45) is 0 Å². The third-order valence-corrected chi connectivity index (χ3v) is 4.01. The molecule has 0 spiro atoms. The van der Waals surface area contributed by atoms with Crippen molar-refractivity contribution in [1.82, 2.24) is 9.55 Å². The van der Waals surface area contributed by atoms with E-state index in [1.165, 1.54) is 29.2 Å². The van der Waals surface area contributed by atoms with Crippen LogP contribution in [0.1, 0.15) is 11.1 Å². The van der Waals surface area contributed by atoms with E-state index in [0.29, 0.717) is 5.02 Å². The normalized spacial score (nSPS) is 11.5. The molecule has 0 fully saturated rings. The lowest BCUT2D eigenvalue weighted by atomic mass is 10.0. The summed E-state index contributed by atoms with van der Waals surface area (Å²) < 4.78 is 14.7. The first-order valence-electron chi connectivity index (χ1n) is 7.40. The zero-order valence-corrected chi connectivity index (χ0v) is 13.7. The van der Waals surface area contributed by atoms with Crippen molar-refractivity contribution in [1.29, 1.82) is 0 Å². The first-order valence-corrected chi connectivity index (χ1v) is 7.78. The second-order valence-electron chi connectivity index (χ2n) is 5.33. The van der Waals surface area contributed by atoms with E-state index in [9.17, 15) is 14.5 Å². The Morgan fingerprint density at radius 1 is 1.24 bits per heavy atom. The number of hydrogen-bond acceptors (Lipinski definition) is 3. The minimum absolute atomic E-state index is 0.118. The van der Waals surface area contributed by atoms with Gasteiger partial charge in [-0.25, -0.2) is 13.9 Å². The number of halogens is 2. The molecule has 25 heavy (non-hydrogen) atoms. The van der Waals surface area contributed by atoms with Gasteiger partial charge >= 0.3 is 5.82 Å². The molecule has 126 valence electrons. The topological polar surface area (TPSA) is 61.0 Å². The van der Waals surface area contributed by atoms with Crippen LogP contribution in [0.2, 0.25) is 5.02 Å². The van der Waals surface area contributed by atoms with Gasteiger partial charge in [0.2, 0.25) is 0 Å². The SMILES string of the molecule is O=[N+]([O-])c1cncn1C/C(=C\c1ccccc1Cl)c1ccc(F)cc1. The predicted molar refractivity (Wildman–Crippen MR) is 94.6 cm³/mol. The van der Waals surface area contributed by atoms with E-state index < -0.39 is 4.92 Å². The number of rotatable bonds is 5. The number of nitro groups is 1. The fourth-order valence-corrected chi connectivity index (χ4v) is 2.63. The molecular formula is C18H13ClFN3O2. The van der Waals surface area contributed by atoms with Crippen LogP contribution in [0, 0.1) is 15.9 Å². The molecule has 0 aliphatic carbocycles. The summed E-state index contributed by atoms with van der Waals surface area (Å²) >= 11 is 6.21. The van der Waals surface area contributed by atoms with Crippen molar-refractivity contribution in [3.8, 4) is 0 Å². The molecular weight excluding hydrogens is 345 g/mol. The Morgan fingerprint density at radius 3 is 2.64 bits per heavy atom. The maximum atomic E-state index is 13.2. The van der Waals surface area contributed by atoms with Gasteiger partial charge in [-0.1, -0.05) is 41.9 Å². The Hall–Kier alpha value is -2.99. The predicted octanol–water partition coefficient (Wildman–Crippen LogP) is 4.82. The molecule has 2 aromatic carbocycles. The summed E-state index contributed by atoms with van der Waals surface area (Å²) in [4.78, 5) is 14.5. The Morgan fingerprint density at radius 2 is 1.96 bits per heavy atom. The smallest absolute Gasteiger partial charge is 0.342 e. The molecule has 0 atom stereocenters. The molecule has 3 aromatic rings. The minimum Gasteiger partial charge on any atom is -0.358 e. The van der Waals surface area contributed by atoms with Crippen LogP contribution in [-0.4, -0.2) is 14.5 Å². The molecule has 5 nitrogen and oxygen atoms in total. The van der Waals surface area contributed by atoms with Gasteiger partial charge in [0.05, 0.1) is 0 Å². The lowest BCUT2D eigenvalue weighted by Gasteiger charge is -2.09. The summed E-state index contributed by atoms with van der Waals surface area (Å²) in [6, 6.07) is 13.2. The van der Waals surface area contributed by atoms with Crippen LogP contribution in [0.4, 0.5) is 10.2 Å². The molecule has 0 radical (unpaired) electrons. The van der Waals surface area contributed by atoms with Gasteiger partial charge in [-0.2, -0.15) is 0 Å². The van der Waals surface area contributed by atoms with Crippen molar-refractivity contribution < 1.29 is 9.31 Å². The highest BCUT2D eigenvalue weighted by molar-refractivity contribution is 6.32. The second-order valence-corrected chi connectivity index (χ2v) is 5.74. The summed E-state index contributed by atoms with van der Waals surface area (Å²) in [5, 5.41) is 11.7. The zero-order valence-electron chi connectivity index (χ0n) is 13.0. The summed E-state index contributed by atoms with van der Waals surface area (Å²) in [5.41, 5.74) is 2.25. The van der Waals surface area contributed by atoms with Gasteiger partial charge in [0.1, 0.15) is 18.6 Å². The van der Waals surface area contributed by atoms with Crippen molar-refractivity contribution in [2.75, 3.05) is 0 Å². The van der Waals surface area contributed by atoms with Crippen LogP contribution in [0.15, 0.2) is 61.1 Å². The quantitative estimate of drug-likeness (QED) is 0.373. The average molecular weight is 358 g/mol. The van der Waals surface area contributed by atoms with Gasteiger partial charge < -0.3 is 10.1 Å². The second kappa shape index (κ2) is 7.27. The fourth-order valence-electron chi connectivity index (χ4n) is 2.44. The van der Waals surface area contributed by atoms with Crippen LogP contribution in [0.25, 0.3) is 11.6 Å². The molecule has 0 bridgehead atoms. The van der Waals surface area contributed by atoms with E-state index >= 15 is 0 Å². The van der Waals surface area contributed by atoms with Crippen LogP contribution >= 0.6 is 11.6 Å². The molecule has 0 unspecified atom stereocenters. The first-order chi connectivity index (χ1) is 12.0. The van der Waals surface area contributed by atoms with E-state index in [1.54, 1.807) is 18.2 Å². The summed E-state index contributed by atoms with van der Waals surface area (Å²) in [6.45, 7) is 0.202. The molecule has 1 heterocycles. The Labute approximate surface area is 148 Å². The highest BCUT2D eigenvalue weighted by atomic mass is 35.5. The van der Waals surface area contributed by atoms with Crippen LogP contribution < -0.4 is 0 Å². The van der Waals surface area contributed by atoms with E-state index in [1.807, 2.05) is 24.3 Å². The number of allylic oxidation sites excluding steroid dienone is 1. The molecule has 0 aliphatic rings. The maximum absolute atomic E-state index is 13.2. The van der Waals surface area contributed by atoms with Gasteiger partial charge in [0, 0.05) is 10.6 Å². The van der Waals surface area contributed by atoms with Crippen molar-refractivity contribution in [2.45, 2.75) is 6.54 Å². The van der Waals surface area contributed by atoms with Gasteiger partial charge in [-0.15, -0.1) is 0 Å². The van der Waals surface area contributed by atoms with Crippen molar-refractivity contribution in [3.63, 3.8) is 0 Å². The van der Waals surface area contributed by atoms with E-state index in [4.69, 9.17) is 11.6 Å². The van der Waals surface area contributed by atoms with Gasteiger partial charge in [-0.3, -0.25) is 0 Å². The van der Waals surface area contributed by atoms with Crippen LogP contribution in [0.3, 0.4) is 0 Å². The van der Waals surface area contributed by atoms with E-state index in [-0.39, 0.29) is 18.2 Å². The third-order valence-electron chi connectivity index (χ3n) is 3.67. The molecule has 0 saturated heterocycles. The molecule has 0 saturated carbocycles. The molecule has 3 rings (SSSR count). The summed E-state index contributed by atoms with van der Waals surface area (Å²) in [7, 11) is 0. The van der Waals surface area contributed by atoms with E-state index in [2.05, 4.69) is 4.98 Å². The molecule has 0 amide bonds. The standard InChI is InChI=1S/C18H13ClFN3O2/c19-17-4-2-1-3-14(17)9-15(13-5-7-16(20)8-6-13)11-22-12-21-10-18(22)23(24)25/h1-10,12H,11H2/b15-9+. The first kappa shape index (κ1) is 16.9. The largest absolute Gasteiger partial charge is 0.358 e. The highest BCUT2D eigenvalue weighted by Gasteiger charge is 2.16. The number of aromatic nitrogens is 2. The Bertz CT molecular complexity index is 936. The highest BCUT2D eigenvalue weighted by Crippen LogP contribution is 2.26. The monoisotopic (exact) mass is 357 g/mol. The number of imidazole rings is 1. The maximum Gasteiger partial charge on any atom is 0.342 e. The third kappa shape index (κ3) is 3.92. The number of nitrogens with zero attached hydrogens (tertiary/aromatic N) is 3. The molecule has 0 aliphatic heterocycles. The van der Waals surface area contributed by atoms with Gasteiger partial charge in [0.25, 0.3) is 0 Å². The lowest BCUT2D eigenvalue weighted by molar-refractivity contribution is -0.392. The van der Waals surface area contributed by atoms with Gasteiger partial charge in [0.15, 0.2) is 6.33 Å². The van der Waals surface area contributed by atoms with Crippen LogP contribution in [0.5, 0.6) is 0 Å². The average Bonchev–Trinajstić information content (AvgIpc) is 3.05. The minimum atomic E-state index is -0.495. The Balaban J connectivity index is 2.06. The van der Waals surface area contributed by atoms with Gasteiger partial charge in [-0.05, 0) is 40.3 Å². The van der Waals surface area contributed by atoms with Crippen LogP contribution in [-0.2, 0) is 6.54 Å². The zero-order chi connectivity index (χ0) is 17.8. The number of benzene rings is 2. The fraction of sp³-hybridized carbons (Fsp3) is 0.0556. The van der Waals surface area contributed by atoms with Crippen molar-refractivity contribution in [3.05, 3.63) is 93.1 Å². The molecule has 0 N–H and O–H groups in total. The number of hydrogen-bond donors (Lipinski definition) is 0. The molecule has 1 aromatic heterocycles.